The highest BCUT2D eigenvalue weighted by molar-refractivity contribution is 6.09. The molecule has 0 radical (unpaired) electrons. The van der Waals surface area contributed by atoms with Crippen LogP contribution in [-0.4, -0.2) is 25.5 Å². The van der Waals surface area contributed by atoms with E-state index >= 15 is 0 Å². The van der Waals surface area contributed by atoms with E-state index in [1.807, 2.05) is 18.2 Å². The molecule has 150 valence electrons. The number of anilines is 1. The number of benzene rings is 2. The molecule has 0 aliphatic carbocycles. The van der Waals surface area contributed by atoms with Gasteiger partial charge in [-0.3, -0.25) is 9.59 Å². The first-order valence-corrected chi connectivity index (χ1v) is 8.53. The molecule has 0 spiro atoms. The summed E-state index contributed by atoms with van der Waals surface area (Å²) in [7, 11) is 1.55. The summed E-state index contributed by atoms with van der Waals surface area (Å²) in [4.78, 5) is 24.8. The average Bonchev–Trinajstić information content (AvgIpc) is 2.68. The van der Waals surface area contributed by atoms with E-state index < -0.39 is 40.4 Å². The minimum Gasteiger partial charge on any atom is -0.497 e. The van der Waals surface area contributed by atoms with Crippen molar-refractivity contribution in [2.45, 2.75) is 20.3 Å². The third-order valence-corrected chi connectivity index (χ3v) is 4.25. The van der Waals surface area contributed by atoms with Crippen molar-refractivity contribution in [3.8, 4) is 5.75 Å². The molecule has 2 aromatic rings. The van der Waals surface area contributed by atoms with Crippen LogP contribution < -0.4 is 15.4 Å². The molecule has 0 bridgehead atoms. The predicted molar refractivity (Wildman–Crippen MR) is 98.4 cm³/mol. The van der Waals surface area contributed by atoms with Crippen molar-refractivity contribution in [1.29, 1.82) is 0 Å². The molecule has 0 fully saturated rings. The second kappa shape index (κ2) is 8.77. The first-order valence-electron chi connectivity index (χ1n) is 8.53. The van der Waals surface area contributed by atoms with Gasteiger partial charge in [-0.25, -0.2) is 13.2 Å². The van der Waals surface area contributed by atoms with Gasteiger partial charge in [-0.2, -0.15) is 0 Å². The molecule has 0 aliphatic heterocycles. The highest BCUT2D eigenvalue weighted by atomic mass is 19.2. The van der Waals surface area contributed by atoms with Crippen molar-refractivity contribution in [2.75, 3.05) is 19.0 Å². The van der Waals surface area contributed by atoms with Crippen LogP contribution in [0, 0.1) is 22.9 Å². The maximum atomic E-state index is 13.7. The molecule has 5 nitrogen and oxygen atoms in total. The Balaban J connectivity index is 1.97. The largest absolute Gasteiger partial charge is 0.497 e. The molecule has 0 atom stereocenters. The Labute approximate surface area is 160 Å². The molecule has 2 rings (SSSR count). The van der Waals surface area contributed by atoms with Crippen LogP contribution in [-0.2, 0) is 16.0 Å². The number of halogens is 3. The smallest absolute Gasteiger partial charge is 0.239 e. The number of nitrogens with one attached hydrogen (secondary N) is 2. The number of hydrogen-bond donors (Lipinski definition) is 2. The van der Waals surface area contributed by atoms with Gasteiger partial charge in [0.1, 0.15) is 11.2 Å². The topological polar surface area (TPSA) is 67.4 Å². The summed E-state index contributed by atoms with van der Waals surface area (Å²) in [5.41, 5.74) is -1.17. The highest BCUT2D eigenvalue weighted by Gasteiger charge is 2.36. The fourth-order valence-corrected chi connectivity index (χ4v) is 2.37. The Morgan fingerprint density at radius 3 is 2.43 bits per heavy atom. The fraction of sp³-hybridized carbons (Fsp3) is 0.300. The Morgan fingerprint density at radius 2 is 1.75 bits per heavy atom. The Bertz CT molecular complexity index is 885. The molecule has 2 N–H and O–H groups in total. The van der Waals surface area contributed by atoms with E-state index in [1.54, 1.807) is 13.2 Å². The minimum absolute atomic E-state index is 0.266. The summed E-state index contributed by atoms with van der Waals surface area (Å²) in [5.74, 6) is -5.34. The van der Waals surface area contributed by atoms with Crippen molar-refractivity contribution >= 4 is 17.5 Å². The Hall–Kier alpha value is -3.03. The molecule has 0 unspecified atom stereocenters. The van der Waals surface area contributed by atoms with E-state index in [-0.39, 0.29) is 6.54 Å². The molecule has 0 aliphatic rings. The van der Waals surface area contributed by atoms with Crippen molar-refractivity contribution < 1.29 is 27.5 Å². The SMILES string of the molecule is COc1cccc(CCNC(=O)C(C)(C)C(=O)Nc2ccc(F)c(F)c2F)c1. The molecule has 0 saturated carbocycles. The van der Waals surface area contributed by atoms with Crippen LogP contribution in [0.1, 0.15) is 19.4 Å². The summed E-state index contributed by atoms with van der Waals surface area (Å²) in [5, 5.41) is 4.77. The minimum atomic E-state index is -1.70. The standard InChI is InChI=1S/C20H21F3N2O3/c1-20(2,19(27)25-15-8-7-14(21)16(22)17(15)23)18(26)24-10-9-12-5-4-6-13(11-12)28-3/h4-8,11H,9-10H2,1-3H3,(H,24,26)(H,25,27). The molecule has 0 aromatic heterocycles. The van der Waals surface area contributed by atoms with Gasteiger partial charge in [-0.15, -0.1) is 0 Å². The van der Waals surface area contributed by atoms with Gasteiger partial charge in [-0.05, 0) is 50.1 Å². The molecule has 28 heavy (non-hydrogen) atoms. The zero-order valence-corrected chi connectivity index (χ0v) is 15.7. The number of amides is 2. The van der Waals surface area contributed by atoms with Crippen LogP contribution in [0.25, 0.3) is 0 Å². The predicted octanol–water partition coefficient (Wildman–Crippen LogP) is 3.44. The normalized spacial score (nSPS) is 11.1. The quantitative estimate of drug-likeness (QED) is 0.559. The molecule has 2 aromatic carbocycles. The second-order valence-electron chi connectivity index (χ2n) is 6.66. The van der Waals surface area contributed by atoms with E-state index in [0.29, 0.717) is 18.2 Å². The van der Waals surface area contributed by atoms with E-state index in [2.05, 4.69) is 10.6 Å². The lowest BCUT2D eigenvalue weighted by molar-refractivity contribution is -0.138. The van der Waals surface area contributed by atoms with Crippen LogP contribution in [0.15, 0.2) is 36.4 Å². The van der Waals surface area contributed by atoms with Gasteiger partial charge in [0.15, 0.2) is 17.5 Å². The van der Waals surface area contributed by atoms with Gasteiger partial charge in [-0.1, -0.05) is 12.1 Å². The fourth-order valence-electron chi connectivity index (χ4n) is 2.37. The molecular weight excluding hydrogens is 373 g/mol. The van der Waals surface area contributed by atoms with Crippen LogP contribution in [0.4, 0.5) is 18.9 Å². The van der Waals surface area contributed by atoms with Gasteiger partial charge >= 0.3 is 0 Å². The lowest BCUT2D eigenvalue weighted by atomic mass is 9.90. The maximum absolute atomic E-state index is 13.7. The van der Waals surface area contributed by atoms with Gasteiger partial charge in [0, 0.05) is 6.54 Å². The van der Waals surface area contributed by atoms with Crippen LogP contribution in [0.5, 0.6) is 5.75 Å². The number of methoxy groups -OCH3 is 1. The lowest BCUT2D eigenvalue weighted by Gasteiger charge is -2.23. The van der Waals surface area contributed by atoms with E-state index in [0.717, 1.165) is 11.6 Å². The van der Waals surface area contributed by atoms with E-state index in [4.69, 9.17) is 4.74 Å². The van der Waals surface area contributed by atoms with Crippen LogP contribution in [0.3, 0.4) is 0 Å². The van der Waals surface area contributed by atoms with Gasteiger partial charge < -0.3 is 15.4 Å². The zero-order chi connectivity index (χ0) is 20.9. The summed E-state index contributed by atoms with van der Waals surface area (Å²) in [6.45, 7) is 2.96. The van der Waals surface area contributed by atoms with Crippen molar-refractivity contribution in [3.05, 3.63) is 59.4 Å². The van der Waals surface area contributed by atoms with Gasteiger partial charge in [0.05, 0.1) is 12.8 Å². The van der Waals surface area contributed by atoms with Gasteiger partial charge in [0.25, 0.3) is 0 Å². The number of carbonyl (C=O) groups excluding carboxylic acids is 2. The third-order valence-electron chi connectivity index (χ3n) is 4.25. The summed E-state index contributed by atoms with van der Waals surface area (Å²) >= 11 is 0. The summed E-state index contributed by atoms with van der Waals surface area (Å²) in [6, 6.07) is 8.91. The molecule has 0 saturated heterocycles. The summed E-state index contributed by atoms with van der Waals surface area (Å²) in [6.07, 6.45) is 0.512. The Kier molecular flexibility index (Phi) is 6.66. The molecular formula is C20H21F3N2O3. The Morgan fingerprint density at radius 1 is 1.04 bits per heavy atom. The first kappa shape index (κ1) is 21.3. The third kappa shape index (κ3) is 4.82. The summed E-state index contributed by atoms with van der Waals surface area (Å²) < 4.78 is 45.1. The zero-order valence-electron chi connectivity index (χ0n) is 15.7. The van der Waals surface area contributed by atoms with Crippen molar-refractivity contribution in [2.24, 2.45) is 5.41 Å². The highest BCUT2D eigenvalue weighted by Crippen LogP contribution is 2.23. The number of rotatable bonds is 7. The lowest BCUT2D eigenvalue weighted by Crippen LogP contribution is -2.45. The average molecular weight is 394 g/mol. The maximum Gasteiger partial charge on any atom is 0.239 e. The monoisotopic (exact) mass is 394 g/mol. The number of hydrogen-bond acceptors (Lipinski definition) is 3. The van der Waals surface area contributed by atoms with Crippen molar-refractivity contribution in [3.63, 3.8) is 0 Å². The van der Waals surface area contributed by atoms with Crippen LogP contribution >= 0.6 is 0 Å². The van der Waals surface area contributed by atoms with E-state index in [1.165, 1.54) is 13.8 Å². The second-order valence-corrected chi connectivity index (χ2v) is 6.66. The van der Waals surface area contributed by atoms with Crippen molar-refractivity contribution in [1.82, 2.24) is 5.32 Å². The number of ether oxygens (including phenoxy) is 1. The first-order chi connectivity index (χ1) is 13.2. The van der Waals surface area contributed by atoms with E-state index in [9.17, 15) is 22.8 Å². The van der Waals surface area contributed by atoms with Crippen LogP contribution in [0.2, 0.25) is 0 Å². The van der Waals surface area contributed by atoms with Gasteiger partial charge in [0.2, 0.25) is 11.8 Å². The molecule has 0 heterocycles. The number of carbonyl (C=O) groups is 2. The molecule has 2 amide bonds. The molecule has 8 heteroatoms.